The number of hydrogen-bond acceptors (Lipinski definition) is 6. The van der Waals surface area contributed by atoms with Crippen molar-refractivity contribution in [3.05, 3.63) is 59.2 Å². The van der Waals surface area contributed by atoms with Crippen LogP contribution in [0.15, 0.2) is 47.4 Å². The Bertz CT molecular complexity index is 1360. The van der Waals surface area contributed by atoms with E-state index in [9.17, 15) is 54.6 Å². The Balaban J connectivity index is 1.98. The molecule has 214 valence electrons. The van der Waals surface area contributed by atoms with Gasteiger partial charge >= 0.3 is 12.4 Å². The first kappa shape index (κ1) is 30.4. The Labute approximate surface area is 219 Å². The maximum Gasteiger partial charge on any atom is 0.430 e. The van der Waals surface area contributed by atoms with Crippen molar-refractivity contribution in [2.45, 2.75) is 55.4 Å². The molecule has 1 aliphatic heterocycles. The molecule has 2 amide bonds. The largest absolute Gasteiger partial charge is 0.430 e. The lowest BCUT2D eigenvalue weighted by atomic mass is 9.92. The molecule has 0 bridgehead atoms. The summed E-state index contributed by atoms with van der Waals surface area (Å²) in [5, 5.41) is 22.2. The molecule has 1 aliphatic rings. The minimum Gasteiger partial charge on any atom is -0.383 e. The van der Waals surface area contributed by atoms with Crippen LogP contribution in [-0.4, -0.2) is 60.1 Å². The van der Waals surface area contributed by atoms with Crippen LogP contribution in [0, 0.1) is 5.92 Å². The van der Waals surface area contributed by atoms with Crippen LogP contribution in [0.5, 0.6) is 0 Å². The fourth-order valence-corrected chi connectivity index (χ4v) is 4.77. The number of rotatable bonds is 6. The van der Waals surface area contributed by atoms with E-state index >= 15 is 0 Å². The molecule has 0 aliphatic carbocycles. The van der Waals surface area contributed by atoms with Crippen molar-refractivity contribution in [3.8, 4) is 0 Å². The highest BCUT2D eigenvalue weighted by Crippen LogP contribution is 2.50. The van der Waals surface area contributed by atoms with E-state index in [4.69, 9.17) is 0 Å². The molecule has 0 aromatic heterocycles. The van der Waals surface area contributed by atoms with E-state index in [1.54, 1.807) is 13.8 Å². The normalized spacial score (nSPS) is 17.2. The minimum absolute atomic E-state index is 0.0866. The maximum atomic E-state index is 13.3. The molecule has 2 atom stereocenters. The lowest BCUT2D eigenvalue weighted by molar-refractivity contribution is -0.376. The fraction of sp³-hybridized carbons (Fsp3) is 0.417. The second-order valence-corrected chi connectivity index (χ2v) is 11.5. The molecule has 0 saturated heterocycles. The summed E-state index contributed by atoms with van der Waals surface area (Å²) in [6.07, 6.45) is -12.7. The van der Waals surface area contributed by atoms with Gasteiger partial charge in [-0.3, -0.25) is 9.59 Å². The zero-order chi connectivity index (χ0) is 29.7. The monoisotopic (exact) mass is 582 g/mol. The molecule has 39 heavy (non-hydrogen) atoms. The summed E-state index contributed by atoms with van der Waals surface area (Å²) in [6, 6.07) is 4.51. The average Bonchev–Trinajstić information content (AvgIpc) is 3.20. The Hall–Kier alpha value is -3.17. The number of carbonyl (C=O) groups is 2. The van der Waals surface area contributed by atoms with Gasteiger partial charge in [0.1, 0.15) is 12.1 Å². The maximum absolute atomic E-state index is 13.3. The minimum atomic E-state index is -6.09. The van der Waals surface area contributed by atoms with Crippen molar-refractivity contribution < 1.29 is 54.6 Å². The van der Waals surface area contributed by atoms with Crippen molar-refractivity contribution in [1.82, 2.24) is 4.90 Å². The molecule has 3 N–H and O–H groups in total. The van der Waals surface area contributed by atoms with E-state index < -0.39 is 63.2 Å². The fourth-order valence-electron chi connectivity index (χ4n) is 4.10. The van der Waals surface area contributed by atoms with E-state index in [0.717, 1.165) is 11.2 Å². The molecule has 2 aromatic carbocycles. The van der Waals surface area contributed by atoms with Crippen LogP contribution in [0.1, 0.15) is 36.6 Å². The van der Waals surface area contributed by atoms with Gasteiger partial charge in [0.05, 0.1) is 4.90 Å². The Morgan fingerprint density at radius 3 is 2.00 bits per heavy atom. The van der Waals surface area contributed by atoms with E-state index in [0.29, 0.717) is 24.3 Å². The number of hydrogen-bond donors (Lipinski definition) is 3. The summed E-state index contributed by atoms with van der Waals surface area (Å²) in [4.78, 5) is 27.1. The van der Waals surface area contributed by atoms with Gasteiger partial charge in [0.25, 0.3) is 17.4 Å². The third-order valence-electron chi connectivity index (χ3n) is 6.30. The third kappa shape index (κ3) is 5.61. The molecule has 2 aromatic rings. The van der Waals surface area contributed by atoms with E-state index in [2.05, 4.69) is 5.32 Å². The van der Waals surface area contributed by atoms with Crippen LogP contribution in [0.25, 0.3) is 0 Å². The third-order valence-corrected chi connectivity index (χ3v) is 7.41. The number of benzene rings is 2. The number of fused-ring (bicyclic) bond motifs is 1. The number of halogens is 6. The molecule has 1 heterocycles. The van der Waals surface area contributed by atoms with Crippen molar-refractivity contribution in [2.75, 3.05) is 11.6 Å². The molecule has 15 heteroatoms. The van der Waals surface area contributed by atoms with Crippen LogP contribution in [0.3, 0.4) is 0 Å². The van der Waals surface area contributed by atoms with Crippen LogP contribution in [0.4, 0.5) is 32.0 Å². The van der Waals surface area contributed by atoms with Gasteiger partial charge in [-0.25, -0.2) is 8.42 Å². The second kappa shape index (κ2) is 10.1. The Kier molecular flexibility index (Phi) is 7.86. The molecular weight excluding hydrogens is 558 g/mol. The highest BCUT2D eigenvalue weighted by atomic mass is 32.2. The number of carbonyl (C=O) groups excluding carboxylic acids is 2. The molecule has 1 unspecified atom stereocenters. The zero-order valence-corrected chi connectivity index (χ0v) is 21.4. The smallest absolute Gasteiger partial charge is 0.383 e. The molecular formula is C24H24F6N2O6S. The first-order chi connectivity index (χ1) is 17.7. The molecule has 0 radical (unpaired) electrons. The number of alkyl halides is 6. The number of nitrogens with one attached hydrogen (secondary N) is 1. The highest BCUT2D eigenvalue weighted by molar-refractivity contribution is 7.90. The summed E-state index contributed by atoms with van der Waals surface area (Å²) in [5.74, 6) is -2.33. The van der Waals surface area contributed by atoms with Gasteiger partial charge in [0, 0.05) is 24.1 Å². The summed E-state index contributed by atoms with van der Waals surface area (Å²) >= 11 is 0. The first-order valence-corrected chi connectivity index (χ1v) is 13.2. The number of amides is 2. The lowest BCUT2D eigenvalue weighted by Crippen LogP contribution is -2.53. The predicted molar refractivity (Wildman–Crippen MR) is 125 cm³/mol. The second-order valence-electron chi connectivity index (χ2n) is 9.46. The molecule has 0 saturated carbocycles. The SMILES string of the molecule is CC(C)[C@H](O)C(=O)N1Cc2cc(S(C)(=O)=O)ccc2C1C(=O)Nc1ccc(C(O)(C(F)(F)F)C(F)(F)F)cc1. The summed E-state index contributed by atoms with van der Waals surface area (Å²) in [6.45, 7) is 2.85. The first-order valence-electron chi connectivity index (χ1n) is 11.3. The van der Waals surface area contributed by atoms with Gasteiger partial charge < -0.3 is 20.4 Å². The quantitative estimate of drug-likeness (QED) is 0.449. The molecule has 8 nitrogen and oxygen atoms in total. The predicted octanol–water partition coefficient (Wildman–Crippen LogP) is 3.44. The van der Waals surface area contributed by atoms with Gasteiger partial charge in [-0.1, -0.05) is 32.0 Å². The molecule has 3 rings (SSSR count). The molecule has 0 fully saturated rings. The number of anilines is 1. The van der Waals surface area contributed by atoms with Crippen molar-refractivity contribution >= 4 is 27.3 Å². The van der Waals surface area contributed by atoms with Crippen molar-refractivity contribution in [1.29, 1.82) is 0 Å². The standard InChI is InChI=1S/C24H24F6N2O6S/c1-12(2)19(33)21(35)32-11-13-10-16(39(3,37)38)8-9-17(13)18(32)20(34)31-15-6-4-14(5-7-15)22(36,23(25,26)27)24(28,29)30/h4-10,12,18-19,33,36H,11H2,1-3H3,(H,31,34)/t18?,19-/m0/s1. The van der Waals surface area contributed by atoms with Crippen LogP contribution < -0.4 is 5.32 Å². The highest BCUT2D eigenvalue weighted by Gasteiger charge is 2.71. The van der Waals surface area contributed by atoms with E-state index in [1.807, 2.05) is 0 Å². The van der Waals surface area contributed by atoms with Gasteiger partial charge in [0.15, 0.2) is 9.84 Å². The number of aliphatic hydroxyl groups is 2. The summed E-state index contributed by atoms with van der Waals surface area (Å²) < 4.78 is 103. The Morgan fingerprint density at radius 1 is 1.00 bits per heavy atom. The van der Waals surface area contributed by atoms with Crippen LogP contribution >= 0.6 is 0 Å². The Morgan fingerprint density at radius 2 is 1.54 bits per heavy atom. The van der Waals surface area contributed by atoms with Gasteiger partial charge in [0.2, 0.25) is 0 Å². The summed E-state index contributed by atoms with van der Waals surface area (Å²) in [5.41, 5.74) is -6.44. The van der Waals surface area contributed by atoms with Gasteiger partial charge in [-0.2, -0.15) is 26.3 Å². The molecule has 0 spiro atoms. The number of nitrogens with zero attached hydrogens (tertiary/aromatic N) is 1. The van der Waals surface area contributed by atoms with Crippen molar-refractivity contribution in [2.24, 2.45) is 5.92 Å². The van der Waals surface area contributed by atoms with E-state index in [-0.39, 0.29) is 28.3 Å². The number of sulfone groups is 1. The van der Waals surface area contributed by atoms with Crippen LogP contribution in [-0.2, 0) is 31.6 Å². The average molecular weight is 583 g/mol. The van der Waals surface area contributed by atoms with E-state index in [1.165, 1.54) is 18.2 Å². The summed E-state index contributed by atoms with van der Waals surface area (Å²) in [7, 11) is -3.65. The lowest BCUT2D eigenvalue weighted by Gasteiger charge is -2.32. The van der Waals surface area contributed by atoms with Crippen molar-refractivity contribution in [3.63, 3.8) is 0 Å². The van der Waals surface area contributed by atoms with Gasteiger partial charge in [-0.05, 0) is 41.3 Å². The topological polar surface area (TPSA) is 124 Å². The van der Waals surface area contributed by atoms with Gasteiger partial charge in [-0.15, -0.1) is 0 Å². The van der Waals surface area contributed by atoms with Crippen LogP contribution in [0.2, 0.25) is 0 Å². The number of aliphatic hydroxyl groups excluding tert-OH is 1. The zero-order valence-electron chi connectivity index (χ0n) is 20.6.